The van der Waals surface area contributed by atoms with E-state index in [4.69, 9.17) is 9.47 Å². The maximum atomic E-state index is 12.1. The van der Waals surface area contributed by atoms with Crippen LogP contribution in [0.1, 0.15) is 20.7 Å². The van der Waals surface area contributed by atoms with E-state index in [1.165, 1.54) is 0 Å². The largest absolute Gasteiger partial charge is 0.461 e. The van der Waals surface area contributed by atoms with Gasteiger partial charge in [0.25, 0.3) is 0 Å². The molecule has 0 fully saturated rings. The Morgan fingerprint density at radius 3 is 1.54 bits per heavy atom. The minimum absolute atomic E-state index is 0.323. The number of hydrogen-bond donors (Lipinski definition) is 2. The van der Waals surface area contributed by atoms with Gasteiger partial charge in [0.2, 0.25) is 0 Å². The predicted molar refractivity (Wildman–Crippen MR) is 117 cm³/mol. The Morgan fingerprint density at radius 1 is 0.750 bits per heavy atom. The van der Waals surface area contributed by atoms with E-state index in [2.05, 4.69) is 10.6 Å². The molecule has 2 N–H and O–H groups in total. The fourth-order valence-corrected chi connectivity index (χ4v) is 4.02. The summed E-state index contributed by atoms with van der Waals surface area (Å²) in [5, 5.41) is 5.95. The maximum Gasteiger partial charge on any atom is 0.340 e. The third-order valence-electron chi connectivity index (χ3n) is 3.72. The highest BCUT2D eigenvalue weighted by Crippen LogP contribution is 2.22. The van der Waals surface area contributed by atoms with Crippen LogP contribution in [0.5, 0.6) is 0 Å². The minimum Gasteiger partial charge on any atom is -0.461 e. The average molecular weight is 421 g/mol. The van der Waals surface area contributed by atoms with Gasteiger partial charge in [0.1, 0.15) is 13.2 Å². The van der Waals surface area contributed by atoms with Gasteiger partial charge in [-0.15, -0.1) is 0 Å². The van der Waals surface area contributed by atoms with Gasteiger partial charge in [-0.2, -0.15) is 0 Å². The van der Waals surface area contributed by atoms with E-state index >= 15 is 0 Å². The molecule has 6 nitrogen and oxygen atoms in total. The lowest BCUT2D eigenvalue weighted by Gasteiger charge is -2.09. The molecule has 28 heavy (non-hydrogen) atoms. The van der Waals surface area contributed by atoms with Crippen molar-refractivity contribution in [2.75, 3.05) is 49.4 Å². The van der Waals surface area contributed by atoms with Crippen molar-refractivity contribution in [3.63, 3.8) is 0 Å². The van der Waals surface area contributed by atoms with Gasteiger partial charge < -0.3 is 20.1 Å². The van der Waals surface area contributed by atoms with Gasteiger partial charge in [-0.25, -0.2) is 9.59 Å². The second-order valence-corrected chi connectivity index (χ2v) is 8.21. The topological polar surface area (TPSA) is 76.7 Å². The Labute approximate surface area is 173 Å². The third-order valence-corrected chi connectivity index (χ3v) is 6.05. The summed E-state index contributed by atoms with van der Waals surface area (Å²) in [5.41, 5.74) is 2.54. The molecule has 8 heteroatoms. The molecule has 0 atom stereocenters. The number of carbonyl (C=O) groups is 2. The van der Waals surface area contributed by atoms with E-state index in [9.17, 15) is 9.59 Å². The summed E-state index contributed by atoms with van der Waals surface area (Å²) in [6, 6.07) is 14.5. The summed E-state index contributed by atoms with van der Waals surface area (Å²) in [7, 11) is 6.68. The summed E-state index contributed by atoms with van der Waals surface area (Å²) in [6.45, 7) is 0.647. The van der Waals surface area contributed by atoms with Gasteiger partial charge in [0, 0.05) is 37.0 Å². The van der Waals surface area contributed by atoms with Crippen molar-refractivity contribution in [2.45, 2.75) is 0 Å². The van der Waals surface area contributed by atoms with Crippen LogP contribution in [0.25, 0.3) is 0 Å². The molecule has 0 unspecified atom stereocenters. The number of rotatable bonds is 11. The number of anilines is 2. The lowest BCUT2D eigenvalue weighted by Crippen LogP contribution is -2.10. The molecule has 2 rings (SSSR count). The summed E-state index contributed by atoms with van der Waals surface area (Å²) < 4.78 is 10.6. The fraction of sp³-hybridized carbons (Fsp3) is 0.300. The monoisotopic (exact) mass is 420 g/mol. The lowest BCUT2D eigenvalue weighted by atomic mass is 10.2. The minimum atomic E-state index is -0.340. The zero-order valence-electron chi connectivity index (χ0n) is 15.9. The van der Waals surface area contributed by atoms with Gasteiger partial charge in [0.15, 0.2) is 0 Å². The number of esters is 2. The summed E-state index contributed by atoms with van der Waals surface area (Å²) >= 11 is 0. The second kappa shape index (κ2) is 12.2. The quantitative estimate of drug-likeness (QED) is 0.319. The van der Waals surface area contributed by atoms with Gasteiger partial charge in [-0.1, -0.05) is 45.9 Å². The van der Waals surface area contributed by atoms with E-state index in [0.29, 0.717) is 35.8 Å². The van der Waals surface area contributed by atoms with Crippen LogP contribution in [0.2, 0.25) is 0 Å². The van der Waals surface area contributed by atoms with E-state index in [1.54, 1.807) is 59.9 Å². The highest BCUT2D eigenvalue weighted by atomic mass is 33.1. The van der Waals surface area contributed by atoms with Crippen LogP contribution in [0.4, 0.5) is 11.4 Å². The second-order valence-electron chi connectivity index (χ2n) is 5.51. The van der Waals surface area contributed by atoms with Crippen molar-refractivity contribution in [1.82, 2.24) is 0 Å². The molecule has 0 saturated carbocycles. The van der Waals surface area contributed by atoms with Crippen molar-refractivity contribution >= 4 is 44.9 Å². The predicted octanol–water partition coefficient (Wildman–Crippen LogP) is 4.17. The van der Waals surface area contributed by atoms with Gasteiger partial charge in [0.05, 0.1) is 11.1 Å². The number of para-hydroxylation sites is 2. The van der Waals surface area contributed by atoms with Crippen molar-refractivity contribution in [3.8, 4) is 0 Å². The van der Waals surface area contributed by atoms with E-state index in [1.807, 2.05) is 24.3 Å². The SMILES string of the molecule is CNc1ccccc1C(=O)OCCSSCCOC(=O)c1ccccc1NC. The molecule has 0 aromatic heterocycles. The molecule has 0 bridgehead atoms. The van der Waals surface area contributed by atoms with Crippen molar-refractivity contribution in [1.29, 1.82) is 0 Å². The Morgan fingerprint density at radius 2 is 1.14 bits per heavy atom. The van der Waals surface area contributed by atoms with Gasteiger partial charge in [-0.3, -0.25) is 0 Å². The molecule has 0 aliphatic carbocycles. The molecule has 2 aromatic carbocycles. The molecule has 0 aliphatic rings. The van der Waals surface area contributed by atoms with Crippen LogP contribution >= 0.6 is 21.6 Å². The molecule has 0 saturated heterocycles. The first-order chi connectivity index (χ1) is 13.7. The van der Waals surface area contributed by atoms with E-state index in [-0.39, 0.29) is 11.9 Å². The molecule has 0 spiro atoms. The smallest absolute Gasteiger partial charge is 0.340 e. The summed E-state index contributed by atoms with van der Waals surface area (Å²) in [6.07, 6.45) is 0. The normalized spacial score (nSPS) is 10.2. The van der Waals surface area contributed by atoms with Crippen LogP contribution in [0.15, 0.2) is 48.5 Å². The molecular weight excluding hydrogens is 396 g/mol. The van der Waals surface area contributed by atoms with Gasteiger partial charge >= 0.3 is 11.9 Å². The molecule has 0 radical (unpaired) electrons. The first-order valence-corrected chi connectivity index (χ1v) is 11.3. The highest BCUT2D eigenvalue weighted by molar-refractivity contribution is 8.76. The molecule has 0 amide bonds. The van der Waals surface area contributed by atoms with Gasteiger partial charge in [-0.05, 0) is 24.3 Å². The number of carbonyl (C=O) groups excluding carboxylic acids is 2. The van der Waals surface area contributed by atoms with Crippen LogP contribution in [-0.4, -0.2) is 50.8 Å². The Hall–Kier alpha value is -2.32. The third kappa shape index (κ3) is 6.69. The lowest BCUT2D eigenvalue weighted by molar-refractivity contribution is 0.0521. The van der Waals surface area contributed by atoms with Crippen LogP contribution in [0, 0.1) is 0 Å². The highest BCUT2D eigenvalue weighted by Gasteiger charge is 2.12. The molecule has 150 valence electrons. The summed E-state index contributed by atoms with van der Waals surface area (Å²) in [5.74, 6) is 0.643. The first-order valence-electron chi connectivity index (χ1n) is 8.79. The Balaban J connectivity index is 1.58. The molecule has 0 heterocycles. The number of hydrogen-bond acceptors (Lipinski definition) is 8. The van der Waals surface area contributed by atoms with Crippen molar-refractivity contribution in [3.05, 3.63) is 59.7 Å². The van der Waals surface area contributed by atoms with E-state index in [0.717, 1.165) is 11.4 Å². The van der Waals surface area contributed by atoms with Crippen LogP contribution in [-0.2, 0) is 9.47 Å². The molecular formula is C20H24N2O4S2. The Kier molecular flexibility index (Phi) is 9.57. The first kappa shape index (κ1) is 22.0. The van der Waals surface area contributed by atoms with Crippen LogP contribution in [0.3, 0.4) is 0 Å². The molecule has 2 aromatic rings. The summed E-state index contributed by atoms with van der Waals surface area (Å²) in [4.78, 5) is 24.2. The maximum absolute atomic E-state index is 12.1. The van der Waals surface area contributed by atoms with Crippen molar-refractivity contribution in [2.24, 2.45) is 0 Å². The fourth-order valence-electron chi connectivity index (χ4n) is 2.37. The Bertz CT molecular complexity index is 721. The number of ether oxygens (including phenoxy) is 2. The number of benzene rings is 2. The zero-order chi connectivity index (χ0) is 20.2. The molecule has 0 aliphatic heterocycles. The number of nitrogens with one attached hydrogen (secondary N) is 2. The standard InChI is InChI=1S/C20H24N2O4S2/c1-21-17-9-5-3-7-15(17)19(23)25-11-13-27-28-14-12-26-20(24)16-8-4-6-10-18(16)22-2/h3-10,21-22H,11-14H2,1-2H3. The van der Waals surface area contributed by atoms with Crippen LogP contribution < -0.4 is 10.6 Å². The van der Waals surface area contributed by atoms with Crippen molar-refractivity contribution < 1.29 is 19.1 Å². The van der Waals surface area contributed by atoms with E-state index < -0.39 is 0 Å². The average Bonchev–Trinajstić information content (AvgIpc) is 2.75. The zero-order valence-corrected chi connectivity index (χ0v) is 17.5.